The maximum absolute atomic E-state index is 10.5. The quantitative estimate of drug-likeness (QED) is 0.470. The lowest BCUT2D eigenvalue weighted by atomic mass is 9.97. The van der Waals surface area contributed by atoms with Gasteiger partial charge in [0.25, 0.3) is 0 Å². The van der Waals surface area contributed by atoms with Crippen LogP contribution in [0, 0.1) is 5.92 Å². The standard InChI is InChI=1S/C9H16O3/c1-3-4-5-6-8(7(2)10)9(11)12/h3,7-8,10H,1,4-6H2,2H3,(H,11,12). The lowest BCUT2D eigenvalue weighted by Crippen LogP contribution is -2.25. The molecule has 0 aliphatic heterocycles. The molecule has 0 fully saturated rings. The Morgan fingerprint density at radius 1 is 1.67 bits per heavy atom. The van der Waals surface area contributed by atoms with E-state index in [2.05, 4.69) is 6.58 Å². The molecule has 0 aliphatic rings. The van der Waals surface area contributed by atoms with Gasteiger partial charge < -0.3 is 10.2 Å². The zero-order valence-corrected chi connectivity index (χ0v) is 7.36. The second kappa shape index (κ2) is 5.77. The number of aliphatic carboxylic acids is 1. The Hall–Kier alpha value is -0.830. The summed E-state index contributed by atoms with van der Waals surface area (Å²) in [6, 6.07) is 0. The fourth-order valence-electron chi connectivity index (χ4n) is 1.05. The molecule has 0 amide bonds. The number of hydrogen-bond acceptors (Lipinski definition) is 2. The van der Waals surface area contributed by atoms with Gasteiger partial charge in [0.05, 0.1) is 12.0 Å². The molecule has 3 nitrogen and oxygen atoms in total. The molecule has 70 valence electrons. The van der Waals surface area contributed by atoms with Crippen molar-refractivity contribution in [3.05, 3.63) is 12.7 Å². The number of rotatable bonds is 6. The molecular formula is C9H16O3. The summed E-state index contributed by atoms with van der Waals surface area (Å²) in [6.45, 7) is 5.04. The Morgan fingerprint density at radius 3 is 2.58 bits per heavy atom. The summed E-state index contributed by atoms with van der Waals surface area (Å²) in [5.74, 6) is -1.56. The van der Waals surface area contributed by atoms with E-state index in [9.17, 15) is 4.79 Å². The molecule has 0 bridgehead atoms. The van der Waals surface area contributed by atoms with Gasteiger partial charge in [0.2, 0.25) is 0 Å². The first-order chi connectivity index (χ1) is 5.59. The van der Waals surface area contributed by atoms with Crippen molar-refractivity contribution in [1.29, 1.82) is 0 Å². The van der Waals surface area contributed by atoms with Crippen molar-refractivity contribution in [3.8, 4) is 0 Å². The van der Waals surface area contributed by atoms with Crippen LogP contribution in [0.5, 0.6) is 0 Å². The zero-order chi connectivity index (χ0) is 9.56. The minimum Gasteiger partial charge on any atom is -0.481 e. The van der Waals surface area contributed by atoms with Crippen molar-refractivity contribution in [1.82, 2.24) is 0 Å². The molecule has 0 rings (SSSR count). The van der Waals surface area contributed by atoms with Crippen LogP contribution >= 0.6 is 0 Å². The maximum Gasteiger partial charge on any atom is 0.309 e. The molecular weight excluding hydrogens is 156 g/mol. The van der Waals surface area contributed by atoms with E-state index in [1.165, 1.54) is 6.92 Å². The highest BCUT2D eigenvalue weighted by Gasteiger charge is 2.21. The number of carboxylic acid groups (broad SMARTS) is 1. The molecule has 0 aromatic heterocycles. The summed E-state index contributed by atoms with van der Waals surface area (Å²) >= 11 is 0. The van der Waals surface area contributed by atoms with Gasteiger partial charge in [-0.25, -0.2) is 0 Å². The third kappa shape index (κ3) is 4.13. The summed E-state index contributed by atoms with van der Waals surface area (Å²) in [4.78, 5) is 10.5. The molecule has 0 saturated carbocycles. The smallest absolute Gasteiger partial charge is 0.309 e. The predicted molar refractivity (Wildman–Crippen MR) is 46.9 cm³/mol. The van der Waals surface area contributed by atoms with Crippen molar-refractivity contribution in [3.63, 3.8) is 0 Å². The minimum absolute atomic E-state index is 0.513. The minimum atomic E-state index is -0.922. The van der Waals surface area contributed by atoms with E-state index < -0.39 is 18.0 Å². The van der Waals surface area contributed by atoms with Gasteiger partial charge in [-0.3, -0.25) is 4.79 Å². The third-order valence-corrected chi connectivity index (χ3v) is 1.82. The van der Waals surface area contributed by atoms with Crippen LogP contribution in [0.25, 0.3) is 0 Å². The molecule has 2 N–H and O–H groups in total. The summed E-state index contributed by atoms with van der Waals surface area (Å²) in [6.07, 6.45) is 3.06. The van der Waals surface area contributed by atoms with Crippen LogP contribution in [0.1, 0.15) is 26.2 Å². The van der Waals surface area contributed by atoms with Gasteiger partial charge >= 0.3 is 5.97 Å². The normalized spacial score (nSPS) is 15.2. The Morgan fingerprint density at radius 2 is 2.25 bits per heavy atom. The largest absolute Gasteiger partial charge is 0.481 e. The summed E-state index contributed by atoms with van der Waals surface area (Å²) < 4.78 is 0. The fourth-order valence-corrected chi connectivity index (χ4v) is 1.05. The Bertz CT molecular complexity index is 152. The number of carboxylic acids is 1. The van der Waals surface area contributed by atoms with Crippen LogP contribution in [0.3, 0.4) is 0 Å². The van der Waals surface area contributed by atoms with Crippen molar-refractivity contribution >= 4 is 5.97 Å². The first kappa shape index (κ1) is 11.2. The monoisotopic (exact) mass is 172 g/mol. The predicted octanol–water partition coefficient (Wildman–Crippen LogP) is 1.42. The van der Waals surface area contributed by atoms with Gasteiger partial charge in [-0.15, -0.1) is 6.58 Å². The van der Waals surface area contributed by atoms with Crippen LogP contribution in [-0.2, 0) is 4.79 Å². The molecule has 2 unspecified atom stereocenters. The summed E-state index contributed by atoms with van der Waals surface area (Å²) in [5.41, 5.74) is 0. The van der Waals surface area contributed by atoms with E-state index in [0.717, 1.165) is 12.8 Å². The van der Waals surface area contributed by atoms with Crippen LogP contribution in [-0.4, -0.2) is 22.3 Å². The molecule has 3 heteroatoms. The van der Waals surface area contributed by atoms with E-state index in [-0.39, 0.29) is 0 Å². The molecule has 0 radical (unpaired) electrons. The number of allylic oxidation sites excluding steroid dienone is 1. The van der Waals surface area contributed by atoms with Gasteiger partial charge in [0.15, 0.2) is 0 Å². The number of carbonyl (C=O) groups is 1. The number of unbranched alkanes of at least 4 members (excludes halogenated alkanes) is 1. The molecule has 12 heavy (non-hydrogen) atoms. The third-order valence-electron chi connectivity index (χ3n) is 1.82. The van der Waals surface area contributed by atoms with Gasteiger partial charge in [-0.05, 0) is 26.2 Å². The first-order valence-electron chi connectivity index (χ1n) is 4.11. The van der Waals surface area contributed by atoms with E-state index >= 15 is 0 Å². The van der Waals surface area contributed by atoms with Gasteiger partial charge in [0, 0.05) is 0 Å². The van der Waals surface area contributed by atoms with Crippen molar-refractivity contribution in [2.24, 2.45) is 5.92 Å². The lowest BCUT2D eigenvalue weighted by Gasteiger charge is -2.13. The SMILES string of the molecule is C=CCCCC(C(=O)O)C(C)O. The molecule has 0 spiro atoms. The highest BCUT2D eigenvalue weighted by Crippen LogP contribution is 2.13. The van der Waals surface area contributed by atoms with E-state index in [1.807, 2.05) is 0 Å². The molecule has 0 aromatic carbocycles. The van der Waals surface area contributed by atoms with Crippen LogP contribution < -0.4 is 0 Å². The Labute approximate surface area is 72.7 Å². The first-order valence-corrected chi connectivity index (χ1v) is 4.11. The van der Waals surface area contributed by atoms with Crippen LogP contribution in [0.15, 0.2) is 12.7 Å². The van der Waals surface area contributed by atoms with Gasteiger partial charge in [-0.2, -0.15) is 0 Å². The summed E-state index contributed by atoms with van der Waals surface area (Å²) in [5, 5.41) is 17.7. The Kier molecular flexibility index (Phi) is 5.37. The Balaban J connectivity index is 3.79. The number of aliphatic hydroxyl groups is 1. The average Bonchev–Trinajstić information content (AvgIpc) is 1.96. The average molecular weight is 172 g/mol. The second-order valence-corrected chi connectivity index (χ2v) is 2.90. The van der Waals surface area contributed by atoms with E-state index in [0.29, 0.717) is 6.42 Å². The van der Waals surface area contributed by atoms with Crippen molar-refractivity contribution < 1.29 is 15.0 Å². The van der Waals surface area contributed by atoms with Crippen molar-refractivity contribution in [2.45, 2.75) is 32.3 Å². The zero-order valence-electron chi connectivity index (χ0n) is 7.36. The van der Waals surface area contributed by atoms with Gasteiger partial charge in [-0.1, -0.05) is 6.08 Å². The number of aliphatic hydroxyl groups excluding tert-OH is 1. The van der Waals surface area contributed by atoms with Crippen LogP contribution in [0.4, 0.5) is 0 Å². The molecule has 2 atom stereocenters. The van der Waals surface area contributed by atoms with E-state index in [4.69, 9.17) is 10.2 Å². The van der Waals surface area contributed by atoms with Gasteiger partial charge in [0.1, 0.15) is 0 Å². The highest BCUT2D eigenvalue weighted by molar-refractivity contribution is 5.70. The van der Waals surface area contributed by atoms with Crippen molar-refractivity contribution in [2.75, 3.05) is 0 Å². The highest BCUT2D eigenvalue weighted by atomic mass is 16.4. The molecule has 0 aliphatic carbocycles. The maximum atomic E-state index is 10.5. The fraction of sp³-hybridized carbons (Fsp3) is 0.667. The second-order valence-electron chi connectivity index (χ2n) is 2.90. The van der Waals surface area contributed by atoms with E-state index in [1.54, 1.807) is 6.08 Å². The number of hydrogen-bond donors (Lipinski definition) is 2. The molecule has 0 aromatic rings. The topological polar surface area (TPSA) is 57.5 Å². The summed E-state index contributed by atoms with van der Waals surface area (Å²) in [7, 11) is 0. The van der Waals surface area contributed by atoms with Crippen LogP contribution in [0.2, 0.25) is 0 Å². The molecule has 0 heterocycles. The molecule has 0 saturated heterocycles. The lowest BCUT2D eigenvalue weighted by molar-refractivity contribution is -0.145.